The van der Waals surface area contributed by atoms with Gasteiger partial charge in [-0.3, -0.25) is 4.90 Å². The van der Waals surface area contributed by atoms with Crippen LogP contribution in [0.15, 0.2) is 30.3 Å². The van der Waals surface area contributed by atoms with Crippen molar-refractivity contribution >= 4 is 0 Å². The molecule has 0 aromatic heterocycles. The van der Waals surface area contributed by atoms with E-state index < -0.39 is 0 Å². The predicted octanol–water partition coefficient (Wildman–Crippen LogP) is 4.25. The summed E-state index contributed by atoms with van der Waals surface area (Å²) in [6.45, 7) is 2.55. The normalized spacial score (nSPS) is 28.8. The molecule has 2 unspecified atom stereocenters. The molecule has 20 heavy (non-hydrogen) atoms. The largest absolute Gasteiger partial charge is 0.489 e. The molecule has 1 saturated heterocycles. The molecule has 2 fully saturated rings. The number of rotatable bonds is 3. The van der Waals surface area contributed by atoms with E-state index in [0.29, 0.717) is 12.1 Å². The third kappa shape index (κ3) is 3.54. The number of ether oxygens (including phenoxy) is 1. The molecule has 0 bridgehead atoms. The van der Waals surface area contributed by atoms with E-state index in [9.17, 15) is 0 Å². The van der Waals surface area contributed by atoms with Crippen molar-refractivity contribution in [3.05, 3.63) is 30.3 Å². The molecule has 110 valence electrons. The van der Waals surface area contributed by atoms with E-state index >= 15 is 0 Å². The molecule has 1 aliphatic heterocycles. The fourth-order valence-corrected chi connectivity index (χ4v) is 3.73. The molecule has 2 aliphatic rings. The van der Waals surface area contributed by atoms with Gasteiger partial charge in [0.25, 0.3) is 0 Å². The van der Waals surface area contributed by atoms with Crippen molar-refractivity contribution in [1.82, 2.24) is 4.90 Å². The van der Waals surface area contributed by atoms with Gasteiger partial charge in [0.1, 0.15) is 11.9 Å². The van der Waals surface area contributed by atoms with Gasteiger partial charge in [0.05, 0.1) is 0 Å². The Labute approximate surface area is 123 Å². The first-order chi connectivity index (χ1) is 9.93. The summed E-state index contributed by atoms with van der Waals surface area (Å²) in [5.74, 6) is 1.04. The Morgan fingerprint density at radius 1 is 0.800 bits per heavy atom. The van der Waals surface area contributed by atoms with E-state index in [2.05, 4.69) is 35.2 Å². The highest BCUT2D eigenvalue weighted by Crippen LogP contribution is 2.28. The molecular weight excluding hydrogens is 246 g/mol. The fourth-order valence-electron chi connectivity index (χ4n) is 3.73. The van der Waals surface area contributed by atoms with Crippen molar-refractivity contribution in [2.24, 2.45) is 0 Å². The van der Waals surface area contributed by atoms with E-state index in [-0.39, 0.29) is 0 Å². The van der Waals surface area contributed by atoms with Gasteiger partial charge in [0, 0.05) is 6.04 Å². The summed E-state index contributed by atoms with van der Waals surface area (Å²) < 4.78 is 6.32. The van der Waals surface area contributed by atoms with Crippen LogP contribution in [-0.2, 0) is 0 Å². The minimum atomic E-state index is 0.393. The first-order valence-corrected chi connectivity index (χ1v) is 8.39. The highest BCUT2D eigenvalue weighted by molar-refractivity contribution is 5.21. The monoisotopic (exact) mass is 273 g/mol. The summed E-state index contributed by atoms with van der Waals surface area (Å²) in [6.07, 6.45) is 11.2. The molecule has 0 spiro atoms. The standard InChI is InChI=1S/C18H27NO/c1-2-9-15-19(14-8-1)17-12-6-7-13-18(17)20-16-10-4-3-5-11-16/h3-5,10-11,17-18H,1-2,6-9,12-15H2. The van der Waals surface area contributed by atoms with Crippen molar-refractivity contribution in [2.75, 3.05) is 13.1 Å². The summed E-state index contributed by atoms with van der Waals surface area (Å²) in [6, 6.07) is 11.0. The molecule has 1 aromatic rings. The maximum atomic E-state index is 6.32. The predicted molar refractivity (Wildman–Crippen MR) is 83.2 cm³/mol. The maximum Gasteiger partial charge on any atom is 0.119 e. The molecule has 2 nitrogen and oxygen atoms in total. The van der Waals surface area contributed by atoms with E-state index in [1.54, 1.807) is 0 Å². The topological polar surface area (TPSA) is 12.5 Å². The van der Waals surface area contributed by atoms with E-state index in [1.165, 1.54) is 64.5 Å². The number of likely N-dealkylation sites (tertiary alicyclic amines) is 1. The molecule has 3 rings (SSSR count). The molecule has 1 saturated carbocycles. The number of hydrogen-bond donors (Lipinski definition) is 0. The Kier molecular flexibility index (Phi) is 4.96. The number of benzene rings is 1. The van der Waals surface area contributed by atoms with Gasteiger partial charge in [0.2, 0.25) is 0 Å². The number of para-hydroxylation sites is 1. The van der Waals surface area contributed by atoms with Crippen LogP contribution >= 0.6 is 0 Å². The molecule has 0 radical (unpaired) electrons. The Hall–Kier alpha value is -1.02. The van der Waals surface area contributed by atoms with Crippen molar-refractivity contribution in [1.29, 1.82) is 0 Å². The van der Waals surface area contributed by atoms with Gasteiger partial charge in [-0.15, -0.1) is 0 Å². The van der Waals surface area contributed by atoms with Crippen molar-refractivity contribution in [3.63, 3.8) is 0 Å². The average molecular weight is 273 g/mol. The molecule has 1 aromatic carbocycles. The minimum absolute atomic E-state index is 0.393. The molecular formula is C18H27NO. The van der Waals surface area contributed by atoms with Gasteiger partial charge in [-0.25, -0.2) is 0 Å². The quantitative estimate of drug-likeness (QED) is 0.816. The molecule has 2 heteroatoms. The van der Waals surface area contributed by atoms with Crippen LogP contribution in [0.25, 0.3) is 0 Å². The summed E-state index contributed by atoms with van der Waals surface area (Å²) in [4.78, 5) is 2.72. The lowest BCUT2D eigenvalue weighted by molar-refractivity contribution is 0.0376. The molecule has 0 N–H and O–H groups in total. The third-order valence-electron chi connectivity index (χ3n) is 4.81. The second kappa shape index (κ2) is 7.12. The van der Waals surface area contributed by atoms with Crippen LogP contribution in [0.1, 0.15) is 51.4 Å². The van der Waals surface area contributed by atoms with Crippen molar-refractivity contribution in [2.45, 2.75) is 63.5 Å². The van der Waals surface area contributed by atoms with Gasteiger partial charge < -0.3 is 4.74 Å². The zero-order chi connectivity index (χ0) is 13.6. The smallest absolute Gasteiger partial charge is 0.119 e. The zero-order valence-electron chi connectivity index (χ0n) is 12.5. The SMILES string of the molecule is c1ccc(OC2CCCCC2N2CCCCCC2)cc1. The minimum Gasteiger partial charge on any atom is -0.489 e. The first kappa shape index (κ1) is 13.9. The Morgan fingerprint density at radius 2 is 1.50 bits per heavy atom. The van der Waals surface area contributed by atoms with Crippen LogP contribution in [0.3, 0.4) is 0 Å². The molecule has 0 amide bonds. The van der Waals surface area contributed by atoms with E-state index in [0.717, 1.165) is 5.75 Å². The van der Waals surface area contributed by atoms with Crippen LogP contribution < -0.4 is 4.74 Å². The lowest BCUT2D eigenvalue weighted by Gasteiger charge is -2.39. The average Bonchev–Trinajstić information content (AvgIpc) is 2.78. The van der Waals surface area contributed by atoms with Gasteiger partial charge in [-0.05, 0) is 57.3 Å². The first-order valence-electron chi connectivity index (χ1n) is 8.39. The molecule has 1 aliphatic carbocycles. The van der Waals surface area contributed by atoms with Gasteiger partial charge >= 0.3 is 0 Å². The highest BCUT2D eigenvalue weighted by Gasteiger charge is 2.31. The lowest BCUT2D eigenvalue weighted by atomic mass is 9.91. The third-order valence-corrected chi connectivity index (χ3v) is 4.81. The van der Waals surface area contributed by atoms with Crippen LogP contribution in [0.2, 0.25) is 0 Å². The van der Waals surface area contributed by atoms with Crippen LogP contribution in [0, 0.1) is 0 Å². The fraction of sp³-hybridized carbons (Fsp3) is 0.667. The Morgan fingerprint density at radius 3 is 2.25 bits per heavy atom. The van der Waals surface area contributed by atoms with Crippen LogP contribution in [0.4, 0.5) is 0 Å². The maximum absolute atomic E-state index is 6.32. The second-order valence-corrected chi connectivity index (χ2v) is 6.27. The summed E-state index contributed by atoms with van der Waals surface area (Å²) in [5.41, 5.74) is 0. The summed E-state index contributed by atoms with van der Waals surface area (Å²) in [7, 11) is 0. The highest BCUT2D eigenvalue weighted by atomic mass is 16.5. The summed E-state index contributed by atoms with van der Waals surface area (Å²) >= 11 is 0. The second-order valence-electron chi connectivity index (χ2n) is 6.27. The van der Waals surface area contributed by atoms with Gasteiger partial charge in [-0.2, -0.15) is 0 Å². The number of hydrogen-bond acceptors (Lipinski definition) is 2. The van der Waals surface area contributed by atoms with Crippen LogP contribution in [0.5, 0.6) is 5.75 Å². The van der Waals surface area contributed by atoms with Gasteiger partial charge in [0.15, 0.2) is 0 Å². The van der Waals surface area contributed by atoms with Crippen molar-refractivity contribution < 1.29 is 4.74 Å². The Bertz CT molecular complexity index is 384. The van der Waals surface area contributed by atoms with Gasteiger partial charge in [-0.1, -0.05) is 37.5 Å². The summed E-state index contributed by atoms with van der Waals surface area (Å²) in [5, 5.41) is 0. The zero-order valence-corrected chi connectivity index (χ0v) is 12.5. The molecule has 1 heterocycles. The van der Waals surface area contributed by atoms with Crippen LogP contribution in [-0.4, -0.2) is 30.1 Å². The van der Waals surface area contributed by atoms with Crippen molar-refractivity contribution in [3.8, 4) is 5.75 Å². The van der Waals surface area contributed by atoms with E-state index in [1.807, 2.05) is 0 Å². The molecule has 2 atom stereocenters. The Balaban J connectivity index is 1.66. The lowest BCUT2D eigenvalue weighted by Crippen LogP contribution is -2.48. The number of nitrogens with zero attached hydrogens (tertiary/aromatic N) is 1. The van der Waals surface area contributed by atoms with E-state index in [4.69, 9.17) is 4.74 Å².